The highest BCUT2D eigenvalue weighted by Crippen LogP contribution is 2.28. The second-order valence-electron chi connectivity index (χ2n) is 7.71. The number of carbonyl (C=O) groups excluding carboxylic acids is 1. The molecular weight excluding hydrogens is 378 g/mol. The highest BCUT2D eigenvalue weighted by atomic mass is 16.3. The molecule has 1 saturated carbocycles. The molecule has 0 unspecified atom stereocenters. The molecule has 3 rings (SSSR count). The number of nitrogens with one attached hydrogen (secondary N) is 3. The molecule has 0 aliphatic heterocycles. The summed E-state index contributed by atoms with van der Waals surface area (Å²) in [6.07, 6.45) is 3.76. The Morgan fingerprint density at radius 2 is 1.83 bits per heavy atom. The summed E-state index contributed by atoms with van der Waals surface area (Å²) in [5.41, 5.74) is 2.45. The molecule has 0 saturated heterocycles. The third kappa shape index (κ3) is 7.22. The van der Waals surface area contributed by atoms with Gasteiger partial charge in [-0.3, -0.25) is 9.69 Å². The van der Waals surface area contributed by atoms with Crippen molar-refractivity contribution in [1.29, 1.82) is 0 Å². The van der Waals surface area contributed by atoms with E-state index in [1.807, 2.05) is 19.1 Å². The first-order valence-electron chi connectivity index (χ1n) is 10.7. The zero-order valence-electron chi connectivity index (χ0n) is 18.0. The number of nitrogens with zero attached hydrogens (tertiary/aromatic N) is 2. The van der Waals surface area contributed by atoms with E-state index in [1.165, 1.54) is 11.1 Å². The minimum atomic E-state index is 0.173. The summed E-state index contributed by atoms with van der Waals surface area (Å²) in [5.74, 6) is 2.14. The van der Waals surface area contributed by atoms with Gasteiger partial charge in [0, 0.05) is 32.1 Å². The van der Waals surface area contributed by atoms with Crippen LogP contribution in [0.4, 0.5) is 0 Å². The van der Waals surface area contributed by atoms with Gasteiger partial charge in [-0.05, 0) is 50.1 Å². The zero-order valence-corrected chi connectivity index (χ0v) is 18.0. The molecule has 0 radical (unpaired) electrons. The van der Waals surface area contributed by atoms with Crippen LogP contribution >= 0.6 is 0 Å². The summed E-state index contributed by atoms with van der Waals surface area (Å²) >= 11 is 0. The van der Waals surface area contributed by atoms with E-state index in [4.69, 9.17) is 9.41 Å². The van der Waals surface area contributed by atoms with Crippen LogP contribution in [0.3, 0.4) is 0 Å². The number of carbonyl (C=O) groups is 1. The second-order valence-corrected chi connectivity index (χ2v) is 7.71. The summed E-state index contributed by atoms with van der Waals surface area (Å²) in [5, 5.41) is 9.53. The average molecular weight is 412 g/mol. The van der Waals surface area contributed by atoms with Crippen LogP contribution < -0.4 is 16.0 Å². The van der Waals surface area contributed by atoms with E-state index < -0.39 is 0 Å². The van der Waals surface area contributed by atoms with Gasteiger partial charge in [0.2, 0.25) is 5.91 Å². The van der Waals surface area contributed by atoms with Crippen molar-refractivity contribution in [3.63, 3.8) is 0 Å². The Labute approximate surface area is 178 Å². The Balaban J connectivity index is 1.51. The number of guanidine groups is 1. The number of hydrogen-bond donors (Lipinski definition) is 3. The van der Waals surface area contributed by atoms with Crippen molar-refractivity contribution >= 4 is 11.9 Å². The fourth-order valence-electron chi connectivity index (χ4n) is 3.24. The summed E-state index contributed by atoms with van der Waals surface area (Å²) in [4.78, 5) is 18.7. The van der Waals surface area contributed by atoms with Gasteiger partial charge in [0.15, 0.2) is 5.96 Å². The van der Waals surface area contributed by atoms with Gasteiger partial charge in [0.1, 0.15) is 5.76 Å². The van der Waals surface area contributed by atoms with Crippen molar-refractivity contribution in [3.05, 3.63) is 59.5 Å². The first kappa shape index (κ1) is 21.9. The molecule has 1 amide bonds. The van der Waals surface area contributed by atoms with Crippen molar-refractivity contribution in [2.45, 2.75) is 39.4 Å². The molecule has 1 aliphatic carbocycles. The molecule has 1 aromatic heterocycles. The van der Waals surface area contributed by atoms with E-state index in [1.54, 1.807) is 6.26 Å². The Bertz CT molecular complexity index is 815. The molecule has 3 N–H and O–H groups in total. The van der Waals surface area contributed by atoms with Gasteiger partial charge in [-0.15, -0.1) is 0 Å². The molecule has 0 atom stereocenters. The molecule has 7 heteroatoms. The predicted octanol–water partition coefficient (Wildman–Crippen LogP) is 2.49. The molecule has 1 fully saturated rings. The Hall–Kier alpha value is -2.80. The monoisotopic (exact) mass is 411 g/mol. The van der Waals surface area contributed by atoms with E-state index in [9.17, 15) is 4.79 Å². The average Bonchev–Trinajstić information content (AvgIpc) is 3.47. The predicted molar refractivity (Wildman–Crippen MR) is 119 cm³/mol. The maximum Gasteiger partial charge on any atom is 0.223 e. The smallest absolute Gasteiger partial charge is 0.223 e. The summed E-state index contributed by atoms with van der Waals surface area (Å²) in [6.45, 7) is 6.27. The van der Waals surface area contributed by atoms with E-state index in [0.717, 1.165) is 44.2 Å². The highest BCUT2D eigenvalue weighted by molar-refractivity contribution is 5.81. The zero-order chi connectivity index (χ0) is 21.2. The van der Waals surface area contributed by atoms with E-state index in [2.05, 4.69) is 52.2 Å². The lowest BCUT2D eigenvalue weighted by Gasteiger charge is -2.18. The van der Waals surface area contributed by atoms with Gasteiger partial charge in [0.25, 0.3) is 0 Å². The minimum Gasteiger partial charge on any atom is -0.468 e. The van der Waals surface area contributed by atoms with Crippen molar-refractivity contribution < 1.29 is 9.21 Å². The van der Waals surface area contributed by atoms with E-state index >= 15 is 0 Å². The van der Waals surface area contributed by atoms with Gasteiger partial charge in [-0.25, -0.2) is 4.99 Å². The Morgan fingerprint density at radius 1 is 1.07 bits per heavy atom. The van der Waals surface area contributed by atoms with Crippen LogP contribution in [0.5, 0.6) is 0 Å². The number of aliphatic imine (C=N–C) groups is 1. The van der Waals surface area contributed by atoms with Crippen LogP contribution in [-0.4, -0.2) is 43.4 Å². The van der Waals surface area contributed by atoms with Crippen LogP contribution in [0.1, 0.15) is 36.7 Å². The Morgan fingerprint density at radius 3 is 2.53 bits per heavy atom. The normalized spacial score (nSPS) is 14.0. The lowest BCUT2D eigenvalue weighted by molar-refractivity contribution is -0.122. The minimum absolute atomic E-state index is 0.173. The second kappa shape index (κ2) is 11.4. The van der Waals surface area contributed by atoms with Crippen molar-refractivity contribution in [2.75, 3.05) is 26.7 Å². The molecule has 2 aromatic rings. The Kier molecular flexibility index (Phi) is 8.32. The molecule has 162 valence electrons. The fourth-order valence-corrected chi connectivity index (χ4v) is 3.24. The molecule has 30 heavy (non-hydrogen) atoms. The lowest BCUT2D eigenvalue weighted by Crippen LogP contribution is -2.41. The quantitative estimate of drug-likeness (QED) is 0.301. The van der Waals surface area contributed by atoms with Crippen molar-refractivity contribution in [1.82, 2.24) is 20.9 Å². The van der Waals surface area contributed by atoms with Crippen LogP contribution in [0.25, 0.3) is 0 Å². The summed E-state index contributed by atoms with van der Waals surface area (Å²) in [6, 6.07) is 12.3. The molecule has 0 spiro atoms. The van der Waals surface area contributed by atoms with Gasteiger partial charge < -0.3 is 20.4 Å². The van der Waals surface area contributed by atoms with Crippen LogP contribution in [-0.2, 0) is 24.4 Å². The SMILES string of the molecule is CCNC(=NCc1ccccc1CN(C)Cc1ccco1)NCCNC(=O)C1CC1. The van der Waals surface area contributed by atoms with Crippen LogP contribution in [0, 0.1) is 5.92 Å². The van der Waals surface area contributed by atoms with Gasteiger partial charge in [0.05, 0.1) is 19.4 Å². The number of hydrogen-bond acceptors (Lipinski definition) is 4. The summed E-state index contributed by atoms with van der Waals surface area (Å²) < 4.78 is 5.45. The van der Waals surface area contributed by atoms with Crippen LogP contribution in [0.15, 0.2) is 52.1 Å². The van der Waals surface area contributed by atoms with Gasteiger partial charge in [-0.2, -0.15) is 0 Å². The standard InChI is InChI=1S/C23H33N5O2/c1-3-24-23(26-13-12-25-22(29)18-10-11-18)27-15-19-7-4-5-8-20(19)16-28(2)17-21-9-6-14-30-21/h4-9,14,18H,3,10-13,15-17H2,1-2H3,(H,25,29)(H2,24,26,27). The molecule has 1 aliphatic rings. The lowest BCUT2D eigenvalue weighted by atomic mass is 10.1. The number of furan rings is 1. The van der Waals surface area contributed by atoms with Crippen molar-refractivity contribution in [3.8, 4) is 0 Å². The summed E-state index contributed by atoms with van der Waals surface area (Å²) in [7, 11) is 2.09. The topological polar surface area (TPSA) is 81.9 Å². The molecule has 1 heterocycles. The number of rotatable bonds is 11. The fraction of sp³-hybridized carbons (Fsp3) is 0.478. The largest absolute Gasteiger partial charge is 0.468 e. The molecule has 7 nitrogen and oxygen atoms in total. The van der Waals surface area contributed by atoms with E-state index in [0.29, 0.717) is 19.6 Å². The van der Waals surface area contributed by atoms with Crippen molar-refractivity contribution in [2.24, 2.45) is 10.9 Å². The van der Waals surface area contributed by atoms with E-state index in [-0.39, 0.29) is 11.8 Å². The highest BCUT2D eigenvalue weighted by Gasteiger charge is 2.28. The third-order valence-electron chi connectivity index (χ3n) is 4.98. The van der Waals surface area contributed by atoms with Gasteiger partial charge >= 0.3 is 0 Å². The third-order valence-corrected chi connectivity index (χ3v) is 4.98. The van der Waals surface area contributed by atoms with Crippen LogP contribution in [0.2, 0.25) is 0 Å². The van der Waals surface area contributed by atoms with Gasteiger partial charge in [-0.1, -0.05) is 24.3 Å². The first-order valence-corrected chi connectivity index (χ1v) is 10.7. The molecular formula is C23H33N5O2. The maximum absolute atomic E-state index is 11.7. The maximum atomic E-state index is 11.7. The first-order chi connectivity index (χ1) is 14.7. The molecule has 1 aromatic carbocycles. The number of benzene rings is 1. The number of amides is 1. The molecule has 0 bridgehead atoms.